The Kier molecular flexibility index (Phi) is 4.92. The van der Waals surface area contributed by atoms with Gasteiger partial charge in [-0.3, -0.25) is 9.72 Å². The van der Waals surface area contributed by atoms with Gasteiger partial charge in [-0.15, -0.1) is 4.60 Å². The van der Waals surface area contributed by atoms with Gasteiger partial charge < -0.3 is 0 Å². The van der Waals surface area contributed by atoms with E-state index in [2.05, 4.69) is 14.6 Å². The Balaban J connectivity index is 2.72. The van der Waals surface area contributed by atoms with Gasteiger partial charge in [-0.1, -0.05) is 0 Å². The summed E-state index contributed by atoms with van der Waals surface area (Å²) in [5, 5.41) is 0. The molecule has 1 fully saturated rings. The number of rotatable bonds is 3. The maximum Gasteiger partial charge on any atom is 0.462 e. The highest BCUT2D eigenvalue weighted by Gasteiger charge is 2.75. The molecule has 0 aromatic heterocycles. The monoisotopic (exact) mass is 325 g/mol. The molecule has 17 heavy (non-hydrogen) atoms. The quantitative estimate of drug-likeness (QED) is 0.618. The van der Waals surface area contributed by atoms with Gasteiger partial charge in [-0.25, -0.2) is 4.84 Å². The number of nitrogens with one attached hydrogen (secondary N) is 2. The first-order valence-electron chi connectivity index (χ1n) is 3.66. The van der Waals surface area contributed by atoms with Crippen molar-refractivity contribution < 1.29 is 35.6 Å². The molecule has 0 amide bonds. The molecule has 14 heteroatoms. The highest BCUT2D eigenvalue weighted by Crippen LogP contribution is 2.50. The van der Waals surface area contributed by atoms with Crippen LogP contribution in [0.2, 0.25) is 0 Å². The van der Waals surface area contributed by atoms with Crippen molar-refractivity contribution in [2.24, 2.45) is 0 Å². The minimum atomic E-state index is -6.39. The molecule has 0 aromatic rings. The fourth-order valence-electron chi connectivity index (χ4n) is 0.599. The van der Waals surface area contributed by atoms with Crippen LogP contribution in [0.4, 0.5) is 30.7 Å². The van der Waals surface area contributed by atoms with Gasteiger partial charge in [0.05, 0.1) is 17.8 Å². The molecule has 2 N–H and O–H groups in total. The lowest BCUT2D eigenvalue weighted by atomic mass is 10.3. The Morgan fingerprint density at radius 2 is 1.35 bits per heavy atom. The summed E-state index contributed by atoms with van der Waals surface area (Å²) in [5.41, 5.74) is 0. The van der Waals surface area contributed by atoms with Crippen molar-refractivity contribution in [3.8, 4) is 0 Å². The molecule has 4 nitrogen and oxygen atoms in total. The van der Waals surface area contributed by atoms with Gasteiger partial charge in [0.15, 0.2) is 0 Å². The topological polar surface area (TPSA) is 36.5 Å². The van der Waals surface area contributed by atoms with Gasteiger partial charge in [0.2, 0.25) is 0 Å². The first-order chi connectivity index (χ1) is 7.58. The predicted octanol–water partition coefficient (Wildman–Crippen LogP) is 2.73. The third kappa shape index (κ3) is 3.56. The van der Waals surface area contributed by atoms with E-state index in [1.54, 1.807) is 0 Å². The molecule has 0 saturated carbocycles. The van der Waals surface area contributed by atoms with E-state index in [0.717, 1.165) is 0 Å². The van der Waals surface area contributed by atoms with Gasteiger partial charge in [0.1, 0.15) is 0 Å². The Morgan fingerprint density at radius 3 is 1.76 bits per heavy atom. The van der Waals surface area contributed by atoms with Gasteiger partial charge in [0.25, 0.3) is 0 Å². The number of hydrogen-bond acceptors (Lipinski definition) is 4. The number of nitrogens with zero attached hydrogens (tertiary/aromatic N) is 1. The fraction of sp³-hybridized carbons (Fsp3) is 1.00. The van der Waals surface area contributed by atoms with E-state index < -0.39 is 36.0 Å². The zero-order valence-electron chi connectivity index (χ0n) is 7.50. The lowest BCUT2D eigenvalue weighted by Crippen LogP contribution is -2.54. The first kappa shape index (κ1) is 15.7. The van der Waals surface area contributed by atoms with Crippen molar-refractivity contribution in [1.29, 1.82) is 0 Å². The second-order valence-electron chi connectivity index (χ2n) is 2.57. The summed E-state index contributed by atoms with van der Waals surface area (Å²) in [5.74, 6) is -6.26. The molecule has 0 spiro atoms. The molecule has 1 rings (SSSR count). The summed E-state index contributed by atoms with van der Waals surface area (Å²) in [6, 6.07) is 0. The molecule has 1 heterocycles. The SMILES string of the molecule is FC(F)(F)C(F)(F)C(F)(F)ON1PNPNP1. The summed E-state index contributed by atoms with van der Waals surface area (Å²) in [6.07, 6.45) is -12.0. The van der Waals surface area contributed by atoms with E-state index in [1.807, 2.05) is 0 Å². The average molecular weight is 325 g/mol. The molecular weight excluding hydrogens is 320 g/mol. The van der Waals surface area contributed by atoms with Crippen molar-refractivity contribution in [1.82, 2.24) is 14.3 Å². The number of halogens is 7. The van der Waals surface area contributed by atoms with Crippen LogP contribution >= 0.6 is 26.6 Å². The molecule has 1 saturated heterocycles. The zero-order valence-corrected chi connectivity index (χ0v) is 10.5. The Bertz CT molecular complexity index is 269. The van der Waals surface area contributed by atoms with Gasteiger partial charge in [-0.05, 0) is 0 Å². The van der Waals surface area contributed by atoms with Gasteiger partial charge in [0, 0.05) is 8.88 Å². The van der Waals surface area contributed by atoms with Crippen LogP contribution in [-0.2, 0) is 4.84 Å². The van der Waals surface area contributed by atoms with E-state index >= 15 is 0 Å². The minimum Gasteiger partial charge on any atom is -0.252 e. The molecule has 0 aromatic carbocycles. The van der Waals surface area contributed by atoms with Crippen LogP contribution in [0.3, 0.4) is 0 Å². The highest BCUT2D eigenvalue weighted by molar-refractivity contribution is 7.65. The average Bonchev–Trinajstić information content (AvgIpc) is 2.16. The molecule has 2 unspecified atom stereocenters. The predicted molar refractivity (Wildman–Crippen MR) is 50.1 cm³/mol. The molecule has 0 aliphatic carbocycles. The Labute approximate surface area is 95.6 Å². The number of hydrogen-bond donors (Lipinski definition) is 2. The van der Waals surface area contributed by atoms with Crippen molar-refractivity contribution in [2.75, 3.05) is 0 Å². The third-order valence-electron chi connectivity index (χ3n) is 1.37. The van der Waals surface area contributed by atoms with Gasteiger partial charge >= 0.3 is 18.2 Å². The zero-order chi connectivity index (χ0) is 13.3. The Hall–Kier alpha value is 0.640. The standard InChI is InChI=1S/C3H5F7N3OP3/c4-1(5,2(6,7)8)3(9,10)14-13-16-11-15-12-17-13/h11-12,15-17H. The Morgan fingerprint density at radius 1 is 0.882 bits per heavy atom. The van der Waals surface area contributed by atoms with Crippen LogP contribution in [0.1, 0.15) is 0 Å². The fourth-order valence-corrected chi connectivity index (χ4v) is 4.22. The lowest BCUT2D eigenvalue weighted by Gasteiger charge is -2.33. The van der Waals surface area contributed by atoms with Crippen LogP contribution in [-0.4, -0.2) is 22.8 Å². The van der Waals surface area contributed by atoms with E-state index in [9.17, 15) is 30.7 Å². The normalized spacial score (nSPS) is 24.9. The summed E-state index contributed by atoms with van der Waals surface area (Å²) in [6.45, 7) is 0. The molecule has 102 valence electrons. The second kappa shape index (κ2) is 5.33. The lowest BCUT2D eigenvalue weighted by molar-refractivity contribution is -0.444. The molecular formula is C3H5F7N3OP3. The summed E-state index contributed by atoms with van der Waals surface area (Å²) < 4.78 is 85.7. The third-order valence-corrected chi connectivity index (χ3v) is 4.52. The highest BCUT2D eigenvalue weighted by atomic mass is 31.2. The van der Waals surface area contributed by atoms with E-state index in [0.29, 0.717) is 0 Å². The summed E-state index contributed by atoms with van der Waals surface area (Å²) in [7, 11) is -1.26. The molecule has 1 aliphatic heterocycles. The van der Waals surface area contributed by atoms with Crippen LogP contribution in [0.5, 0.6) is 0 Å². The van der Waals surface area contributed by atoms with Crippen LogP contribution in [0, 0.1) is 0 Å². The van der Waals surface area contributed by atoms with E-state index in [1.165, 1.54) is 0 Å². The van der Waals surface area contributed by atoms with Crippen molar-refractivity contribution in [3.05, 3.63) is 0 Å². The second-order valence-corrected chi connectivity index (χ2v) is 6.53. The first-order valence-corrected chi connectivity index (χ1v) is 6.55. The van der Waals surface area contributed by atoms with Crippen LogP contribution in [0.15, 0.2) is 0 Å². The largest absolute Gasteiger partial charge is 0.462 e. The molecule has 2 atom stereocenters. The summed E-state index contributed by atoms with van der Waals surface area (Å²) in [4.78, 5) is 8.29. The minimum absolute atomic E-state index is 0.00174. The van der Waals surface area contributed by atoms with Crippen LogP contribution in [0.25, 0.3) is 0 Å². The molecule has 0 radical (unpaired) electrons. The molecule has 0 bridgehead atoms. The smallest absolute Gasteiger partial charge is 0.252 e. The van der Waals surface area contributed by atoms with Gasteiger partial charge in [-0.2, -0.15) is 30.7 Å². The van der Waals surface area contributed by atoms with Crippen LogP contribution < -0.4 is 9.72 Å². The van der Waals surface area contributed by atoms with E-state index in [-0.39, 0.29) is 13.5 Å². The summed E-state index contributed by atoms with van der Waals surface area (Å²) >= 11 is 0. The maximum absolute atomic E-state index is 12.7. The number of alkyl halides is 7. The van der Waals surface area contributed by atoms with E-state index in [4.69, 9.17) is 0 Å². The van der Waals surface area contributed by atoms with Crippen molar-refractivity contribution in [2.45, 2.75) is 18.2 Å². The molecule has 1 aliphatic rings. The van der Waals surface area contributed by atoms with Crippen molar-refractivity contribution >= 4 is 26.6 Å². The maximum atomic E-state index is 12.7. The van der Waals surface area contributed by atoms with Crippen molar-refractivity contribution in [3.63, 3.8) is 0 Å².